The van der Waals surface area contributed by atoms with Gasteiger partial charge in [-0.15, -0.1) is 0 Å². The van der Waals surface area contributed by atoms with Gasteiger partial charge in [0.05, 0.1) is 19.2 Å². The Morgan fingerprint density at radius 3 is 2.88 bits per heavy atom. The molecule has 1 atom stereocenters. The van der Waals surface area contributed by atoms with Crippen LogP contribution >= 0.6 is 0 Å². The Balaban J connectivity index is 1.75. The molecule has 1 amide bonds. The van der Waals surface area contributed by atoms with Crippen LogP contribution in [0.25, 0.3) is 11.0 Å². The van der Waals surface area contributed by atoms with E-state index in [4.69, 9.17) is 9.15 Å². The van der Waals surface area contributed by atoms with E-state index in [1.54, 1.807) is 0 Å². The largest absolute Gasteiger partial charge is 0.459 e. The van der Waals surface area contributed by atoms with E-state index in [2.05, 4.69) is 10.4 Å². The minimum atomic E-state index is -0.376. The molecule has 0 radical (unpaired) electrons. The van der Waals surface area contributed by atoms with Gasteiger partial charge in [-0.05, 0) is 25.1 Å². The maximum atomic E-state index is 12.4. The van der Waals surface area contributed by atoms with Crippen LogP contribution in [0.15, 0.2) is 51.7 Å². The molecule has 0 saturated carbocycles. The maximum absolute atomic E-state index is 12.4. The number of carbonyl (C=O) groups is 1. The van der Waals surface area contributed by atoms with Crippen molar-refractivity contribution in [1.82, 2.24) is 15.1 Å². The topological polar surface area (TPSA) is 86.4 Å². The highest BCUT2D eigenvalue weighted by Crippen LogP contribution is 2.23. The molecule has 2 aromatic heterocycles. The number of methoxy groups -OCH3 is 1. The average Bonchev–Trinajstić information content (AvgIpc) is 3.05. The SMILES string of the molecule is COCCn1nc(C(=O)NC(C)c2cc3ccccc3o2)ccc1=O. The van der Waals surface area contributed by atoms with Crippen LogP contribution in [-0.4, -0.2) is 29.4 Å². The van der Waals surface area contributed by atoms with Gasteiger partial charge in [0.15, 0.2) is 0 Å². The first-order valence-corrected chi connectivity index (χ1v) is 7.95. The molecule has 0 bridgehead atoms. The molecule has 0 spiro atoms. The van der Waals surface area contributed by atoms with Gasteiger partial charge in [-0.3, -0.25) is 9.59 Å². The summed E-state index contributed by atoms with van der Waals surface area (Å²) < 4.78 is 11.9. The van der Waals surface area contributed by atoms with Crippen molar-refractivity contribution in [2.45, 2.75) is 19.5 Å². The quantitative estimate of drug-likeness (QED) is 0.742. The van der Waals surface area contributed by atoms with Crippen LogP contribution < -0.4 is 10.9 Å². The molecule has 0 aliphatic rings. The molecular weight excluding hydrogens is 322 g/mol. The third kappa shape index (κ3) is 3.77. The number of hydrogen-bond acceptors (Lipinski definition) is 5. The number of ether oxygens (including phenoxy) is 1. The molecule has 130 valence electrons. The molecule has 25 heavy (non-hydrogen) atoms. The van der Waals surface area contributed by atoms with Crippen LogP contribution in [0.5, 0.6) is 0 Å². The molecule has 1 aromatic carbocycles. The van der Waals surface area contributed by atoms with Gasteiger partial charge in [-0.1, -0.05) is 18.2 Å². The summed E-state index contributed by atoms with van der Waals surface area (Å²) in [5.41, 5.74) is 0.655. The molecule has 0 saturated heterocycles. The lowest BCUT2D eigenvalue weighted by atomic mass is 10.2. The first kappa shape index (κ1) is 16.9. The number of fused-ring (bicyclic) bond motifs is 1. The number of furan rings is 1. The second-order valence-electron chi connectivity index (χ2n) is 5.65. The molecule has 7 nitrogen and oxygen atoms in total. The fraction of sp³-hybridized carbons (Fsp3) is 0.278. The highest BCUT2D eigenvalue weighted by Gasteiger charge is 2.17. The number of rotatable bonds is 6. The van der Waals surface area contributed by atoms with Gasteiger partial charge in [0.2, 0.25) is 0 Å². The first-order chi connectivity index (χ1) is 12.1. The molecule has 3 rings (SSSR count). The lowest BCUT2D eigenvalue weighted by Crippen LogP contribution is -2.31. The van der Waals surface area contributed by atoms with Crippen LogP contribution in [0.2, 0.25) is 0 Å². The summed E-state index contributed by atoms with van der Waals surface area (Å²) in [6.45, 7) is 2.46. The predicted octanol–water partition coefficient (Wildman–Crippen LogP) is 2.13. The van der Waals surface area contributed by atoms with Gasteiger partial charge in [0.25, 0.3) is 11.5 Å². The number of nitrogens with one attached hydrogen (secondary N) is 1. The molecule has 2 heterocycles. The van der Waals surface area contributed by atoms with Gasteiger partial charge < -0.3 is 14.5 Å². The summed E-state index contributed by atoms with van der Waals surface area (Å²) in [4.78, 5) is 24.2. The van der Waals surface area contributed by atoms with Gasteiger partial charge in [0, 0.05) is 18.6 Å². The van der Waals surface area contributed by atoms with Gasteiger partial charge in [-0.25, -0.2) is 4.68 Å². The van der Waals surface area contributed by atoms with Gasteiger partial charge in [-0.2, -0.15) is 5.10 Å². The Morgan fingerprint density at radius 1 is 1.32 bits per heavy atom. The zero-order valence-corrected chi connectivity index (χ0v) is 14.1. The summed E-state index contributed by atoms with van der Waals surface area (Å²) in [6.07, 6.45) is 0. The third-order valence-corrected chi connectivity index (χ3v) is 3.83. The molecule has 0 aliphatic heterocycles. The molecule has 0 fully saturated rings. The number of benzene rings is 1. The van der Waals surface area contributed by atoms with E-state index in [1.165, 1.54) is 23.9 Å². The van der Waals surface area contributed by atoms with Crippen molar-refractivity contribution < 1.29 is 13.9 Å². The number of para-hydroxylation sites is 1. The van der Waals surface area contributed by atoms with Crippen molar-refractivity contribution in [2.75, 3.05) is 13.7 Å². The zero-order valence-electron chi connectivity index (χ0n) is 14.1. The summed E-state index contributed by atoms with van der Waals surface area (Å²) in [6, 6.07) is 11.9. The van der Waals surface area contributed by atoms with Crippen molar-refractivity contribution in [3.63, 3.8) is 0 Å². The monoisotopic (exact) mass is 341 g/mol. The Bertz CT molecular complexity index is 912. The lowest BCUT2D eigenvalue weighted by molar-refractivity contribution is 0.0927. The molecule has 1 unspecified atom stereocenters. The van der Waals surface area contributed by atoms with Crippen LogP contribution in [-0.2, 0) is 11.3 Å². The van der Waals surface area contributed by atoms with E-state index in [0.29, 0.717) is 12.4 Å². The van der Waals surface area contributed by atoms with Crippen LogP contribution in [0.3, 0.4) is 0 Å². The molecule has 0 aliphatic carbocycles. The lowest BCUT2D eigenvalue weighted by Gasteiger charge is -2.11. The van der Waals surface area contributed by atoms with Crippen molar-refractivity contribution in [1.29, 1.82) is 0 Å². The second kappa shape index (κ2) is 7.31. The second-order valence-corrected chi connectivity index (χ2v) is 5.65. The number of hydrogen-bond donors (Lipinski definition) is 1. The van der Waals surface area contributed by atoms with Crippen molar-refractivity contribution in [3.05, 3.63) is 64.3 Å². The Hall–Kier alpha value is -2.93. The minimum Gasteiger partial charge on any atom is -0.459 e. The maximum Gasteiger partial charge on any atom is 0.272 e. The number of amides is 1. The Morgan fingerprint density at radius 2 is 2.12 bits per heavy atom. The standard InChI is InChI=1S/C18H19N3O4/c1-12(16-11-13-5-3-4-6-15(13)25-16)19-18(23)14-7-8-17(22)21(20-14)9-10-24-2/h3-8,11-12H,9-10H2,1-2H3,(H,19,23). The summed E-state index contributed by atoms with van der Waals surface area (Å²) in [5.74, 6) is 0.279. The molecular formula is C18H19N3O4. The highest BCUT2D eigenvalue weighted by atomic mass is 16.5. The third-order valence-electron chi connectivity index (χ3n) is 3.83. The van der Waals surface area contributed by atoms with Crippen molar-refractivity contribution in [2.24, 2.45) is 0 Å². The van der Waals surface area contributed by atoms with Crippen LogP contribution in [0.1, 0.15) is 29.2 Å². The van der Waals surface area contributed by atoms with E-state index in [-0.39, 0.29) is 29.7 Å². The average molecular weight is 341 g/mol. The van der Waals surface area contributed by atoms with E-state index >= 15 is 0 Å². The van der Waals surface area contributed by atoms with E-state index in [0.717, 1.165) is 11.0 Å². The normalized spacial score (nSPS) is 12.2. The fourth-order valence-electron chi connectivity index (χ4n) is 2.47. The van der Waals surface area contributed by atoms with Gasteiger partial charge in [0.1, 0.15) is 17.0 Å². The van der Waals surface area contributed by atoms with Crippen LogP contribution in [0, 0.1) is 0 Å². The number of nitrogens with zero attached hydrogens (tertiary/aromatic N) is 2. The minimum absolute atomic E-state index is 0.165. The predicted molar refractivity (Wildman–Crippen MR) is 92.5 cm³/mol. The molecule has 3 aromatic rings. The van der Waals surface area contributed by atoms with Gasteiger partial charge >= 0.3 is 0 Å². The number of aromatic nitrogens is 2. The molecule has 7 heteroatoms. The summed E-state index contributed by atoms with van der Waals surface area (Å²) in [7, 11) is 1.54. The smallest absolute Gasteiger partial charge is 0.272 e. The van der Waals surface area contributed by atoms with Crippen molar-refractivity contribution in [3.8, 4) is 0 Å². The van der Waals surface area contributed by atoms with E-state index in [1.807, 2.05) is 37.3 Å². The van der Waals surface area contributed by atoms with E-state index < -0.39 is 0 Å². The zero-order chi connectivity index (χ0) is 17.8. The Labute approximate surface area is 144 Å². The van der Waals surface area contributed by atoms with Crippen LogP contribution in [0.4, 0.5) is 0 Å². The Kier molecular flexibility index (Phi) is 4.95. The fourth-order valence-corrected chi connectivity index (χ4v) is 2.47. The van der Waals surface area contributed by atoms with E-state index in [9.17, 15) is 9.59 Å². The van der Waals surface area contributed by atoms with Crippen molar-refractivity contribution >= 4 is 16.9 Å². The highest BCUT2D eigenvalue weighted by molar-refractivity contribution is 5.92. The summed E-state index contributed by atoms with van der Waals surface area (Å²) >= 11 is 0. The first-order valence-electron chi connectivity index (χ1n) is 7.95. The molecule has 1 N–H and O–H groups in total. The number of carbonyl (C=O) groups excluding carboxylic acids is 1. The summed E-state index contributed by atoms with van der Waals surface area (Å²) in [5, 5.41) is 7.89.